The Labute approximate surface area is 88.0 Å². The lowest BCUT2D eigenvalue weighted by Gasteiger charge is -2.19. The molecule has 0 aliphatic rings. The average Bonchev–Trinajstić information content (AvgIpc) is 2.09. The second kappa shape index (κ2) is 6.30. The van der Waals surface area contributed by atoms with Gasteiger partial charge in [0.2, 0.25) is 0 Å². The molecule has 92 valence electrons. The summed E-state index contributed by atoms with van der Waals surface area (Å²) in [6, 6.07) is 0. The van der Waals surface area contributed by atoms with Crippen molar-refractivity contribution in [2.75, 3.05) is 0 Å². The summed E-state index contributed by atoms with van der Waals surface area (Å²) in [6.07, 6.45) is -0.393. The van der Waals surface area contributed by atoms with E-state index in [2.05, 4.69) is 12.7 Å². The van der Waals surface area contributed by atoms with Crippen LogP contribution in [0.2, 0.25) is 0 Å². The SMILES string of the molecule is CCCCCCCCC([NH3+])(F)C(F)(F)F. The van der Waals surface area contributed by atoms with Crippen LogP contribution in [0.3, 0.4) is 0 Å². The highest BCUT2D eigenvalue weighted by atomic mass is 19.4. The van der Waals surface area contributed by atoms with Gasteiger partial charge in [0.25, 0.3) is 0 Å². The topological polar surface area (TPSA) is 27.6 Å². The van der Waals surface area contributed by atoms with E-state index >= 15 is 0 Å². The van der Waals surface area contributed by atoms with Crippen molar-refractivity contribution in [1.82, 2.24) is 0 Å². The second-order valence-electron chi connectivity index (χ2n) is 3.98. The highest BCUT2D eigenvalue weighted by Gasteiger charge is 2.56. The second-order valence-corrected chi connectivity index (χ2v) is 3.98. The standard InChI is InChI=1S/C10H19F4N/c1-2-3-4-5-6-7-8-9(11,15)10(12,13)14/h2-8,15H2,1H3/p+1. The maximum Gasteiger partial charge on any atom is 0.477 e. The van der Waals surface area contributed by atoms with Crippen LogP contribution in [-0.4, -0.2) is 12.0 Å². The van der Waals surface area contributed by atoms with E-state index in [-0.39, 0.29) is 6.42 Å². The fraction of sp³-hybridized carbons (Fsp3) is 1.00. The molecule has 0 saturated carbocycles. The molecule has 0 bridgehead atoms. The summed E-state index contributed by atoms with van der Waals surface area (Å²) >= 11 is 0. The van der Waals surface area contributed by atoms with E-state index in [1.54, 1.807) is 0 Å². The van der Waals surface area contributed by atoms with Crippen molar-refractivity contribution in [2.24, 2.45) is 0 Å². The maximum atomic E-state index is 12.9. The highest BCUT2D eigenvalue weighted by molar-refractivity contribution is 4.72. The van der Waals surface area contributed by atoms with Crippen molar-refractivity contribution in [2.45, 2.75) is 63.8 Å². The lowest BCUT2D eigenvalue weighted by atomic mass is 10.0. The van der Waals surface area contributed by atoms with Gasteiger partial charge in [-0.25, -0.2) is 0 Å². The first-order valence-corrected chi connectivity index (χ1v) is 5.42. The molecule has 0 aromatic carbocycles. The zero-order chi connectivity index (χ0) is 11.9. The van der Waals surface area contributed by atoms with Crippen LogP contribution in [0.1, 0.15) is 51.9 Å². The molecular formula is C10H20F4N+. The number of quaternary nitrogens is 1. The van der Waals surface area contributed by atoms with Crippen LogP contribution in [0.4, 0.5) is 17.6 Å². The monoisotopic (exact) mass is 230 g/mol. The zero-order valence-corrected chi connectivity index (χ0v) is 9.17. The third-order valence-electron chi connectivity index (χ3n) is 2.43. The first-order valence-electron chi connectivity index (χ1n) is 5.42. The first kappa shape index (κ1) is 14.7. The van der Waals surface area contributed by atoms with E-state index in [1.165, 1.54) is 0 Å². The van der Waals surface area contributed by atoms with Gasteiger partial charge < -0.3 is 5.73 Å². The minimum absolute atomic E-state index is 0.253. The maximum absolute atomic E-state index is 12.9. The van der Waals surface area contributed by atoms with Gasteiger partial charge in [0.15, 0.2) is 0 Å². The molecule has 0 radical (unpaired) electrons. The van der Waals surface area contributed by atoms with Crippen molar-refractivity contribution < 1.29 is 23.3 Å². The molecule has 5 heteroatoms. The van der Waals surface area contributed by atoms with Gasteiger partial charge in [-0.05, 0) is 6.42 Å². The lowest BCUT2D eigenvalue weighted by molar-refractivity contribution is -0.584. The van der Waals surface area contributed by atoms with Crippen LogP contribution < -0.4 is 5.73 Å². The summed E-state index contributed by atoms with van der Waals surface area (Å²) in [5.41, 5.74) is 2.58. The first-order chi connectivity index (χ1) is 6.81. The molecule has 3 N–H and O–H groups in total. The van der Waals surface area contributed by atoms with E-state index in [0.29, 0.717) is 6.42 Å². The molecule has 0 aromatic heterocycles. The minimum atomic E-state index is -4.84. The molecule has 0 rings (SSSR count). The minimum Gasteiger partial charge on any atom is -0.318 e. The molecule has 1 atom stereocenters. The fourth-order valence-electron chi connectivity index (χ4n) is 1.33. The number of hydrogen-bond donors (Lipinski definition) is 1. The van der Waals surface area contributed by atoms with Crippen LogP contribution >= 0.6 is 0 Å². The molecule has 0 saturated heterocycles. The van der Waals surface area contributed by atoms with Crippen molar-refractivity contribution in [3.05, 3.63) is 0 Å². The van der Waals surface area contributed by atoms with Gasteiger partial charge in [0.1, 0.15) is 0 Å². The van der Waals surface area contributed by atoms with E-state index in [9.17, 15) is 17.6 Å². The zero-order valence-electron chi connectivity index (χ0n) is 9.17. The van der Waals surface area contributed by atoms with Gasteiger partial charge in [0.05, 0.1) is 0 Å². The van der Waals surface area contributed by atoms with E-state index in [1.807, 2.05) is 0 Å². The van der Waals surface area contributed by atoms with Crippen LogP contribution in [0.15, 0.2) is 0 Å². The largest absolute Gasteiger partial charge is 0.477 e. The Bertz CT molecular complexity index is 165. The van der Waals surface area contributed by atoms with Gasteiger partial charge in [0, 0.05) is 6.42 Å². The van der Waals surface area contributed by atoms with Crippen molar-refractivity contribution in [3.63, 3.8) is 0 Å². The average molecular weight is 230 g/mol. The Morgan fingerprint density at radius 2 is 1.33 bits per heavy atom. The molecule has 0 amide bonds. The molecule has 0 aliphatic carbocycles. The molecule has 0 spiro atoms. The Balaban J connectivity index is 3.58. The summed E-state index contributed by atoms with van der Waals surface area (Å²) in [5.74, 6) is -3.27. The Morgan fingerprint density at radius 3 is 1.80 bits per heavy atom. The predicted octanol–water partition coefficient (Wildman–Crippen LogP) is 3.21. The molecule has 0 aliphatic heterocycles. The lowest BCUT2D eigenvalue weighted by Crippen LogP contribution is -2.76. The highest BCUT2D eigenvalue weighted by Crippen LogP contribution is 2.32. The number of unbranched alkanes of at least 4 members (excludes halogenated alkanes) is 5. The van der Waals surface area contributed by atoms with Gasteiger partial charge in [-0.15, -0.1) is 0 Å². The van der Waals surface area contributed by atoms with E-state index in [4.69, 9.17) is 0 Å². The van der Waals surface area contributed by atoms with Crippen molar-refractivity contribution >= 4 is 0 Å². The van der Waals surface area contributed by atoms with Gasteiger partial charge in [-0.1, -0.05) is 39.0 Å². The van der Waals surface area contributed by atoms with Crippen LogP contribution in [0.5, 0.6) is 0 Å². The summed E-state index contributed by atoms with van der Waals surface area (Å²) in [7, 11) is 0. The van der Waals surface area contributed by atoms with E-state index in [0.717, 1.165) is 25.7 Å². The van der Waals surface area contributed by atoms with E-state index < -0.39 is 18.4 Å². The quantitative estimate of drug-likeness (QED) is 0.395. The number of rotatable bonds is 7. The number of halogens is 4. The predicted molar refractivity (Wildman–Crippen MR) is 50.8 cm³/mol. The Hall–Kier alpha value is -0.320. The molecule has 0 heterocycles. The van der Waals surface area contributed by atoms with Crippen molar-refractivity contribution in [1.29, 1.82) is 0 Å². The van der Waals surface area contributed by atoms with Crippen LogP contribution in [0.25, 0.3) is 0 Å². The normalized spacial score (nSPS) is 16.4. The summed E-state index contributed by atoms with van der Waals surface area (Å²) in [4.78, 5) is 0. The van der Waals surface area contributed by atoms with Crippen LogP contribution in [0, 0.1) is 0 Å². The summed E-state index contributed by atoms with van der Waals surface area (Å²) in [5, 5.41) is 0. The number of alkyl halides is 4. The molecule has 1 nitrogen and oxygen atoms in total. The third-order valence-corrected chi connectivity index (χ3v) is 2.43. The molecular weight excluding hydrogens is 210 g/mol. The Morgan fingerprint density at radius 1 is 0.867 bits per heavy atom. The Kier molecular flexibility index (Phi) is 6.17. The molecule has 1 unspecified atom stereocenters. The smallest absolute Gasteiger partial charge is 0.318 e. The summed E-state index contributed by atoms with van der Waals surface area (Å²) < 4.78 is 49.0. The third kappa shape index (κ3) is 5.97. The molecule has 0 aromatic rings. The number of hydrogen-bond acceptors (Lipinski definition) is 0. The van der Waals surface area contributed by atoms with Crippen LogP contribution in [-0.2, 0) is 0 Å². The fourth-order valence-corrected chi connectivity index (χ4v) is 1.33. The van der Waals surface area contributed by atoms with Gasteiger partial charge in [-0.2, -0.15) is 17.6 Å². The summed E-state index contributed by atoms with van der Waals surface area (Å²) in [6.45, 7) is 2.06. The molecule has 0 fully saturated rings. The van der Waals surface area contributed by atoms with Gasteiger partial charge in [-0.3, -0.25) is 0 Å². The molecule has 15 heavy (non-hydrogen) atoms. The van der Waals surface area contributed by atoms with Gasteiger partial charge >= 0.3 is 12.0 Å². The van der Waals surface area contributed by atoms with Crippen molar-refractivity contribution in [3.8, 4) is 0 Å².